The Bertz CT molecular complexity index is 435. The smallest absolute Gasteiger partial charge is 0.224 e. The van der Waals surface area contributed by atoms with Crippen LogP contribution in [0, 0.1) is 17.8 Å². The van der Waals surface area contributed by atoms with E-state index in [1.807, 2.05) is 32.6 Å². The van der Waals surface area contributed by atoms with E-state index in [1.54, 1.807) is 0 Å². The number of nitrogens with zero attached hydrogens (tertiary/aromatic N) is 1. The summed E-state index contributed by atoms with van der Waals surface area (Å²) >= 11 is 0. The number of ketones is 1. The van der Waals surface area contributed by atoms with Gasteiger partial charge < -0.3 is 15.0 Å². The summed E-state index contributed by atoms with van der Waals surface area (Å²) in [5, 5.41) is 2.84. The minimum atomic E-state index is -0.146. The van der Waals surface area contributed by atoms with Crippen LogP contribution in [0.2, 0.25) is 0 Å². The molecule has 0 aromatic rings. The molecule has 138 valence electrons. The molecule has 6 heteroatoms. The topological polar surface area (TPSA) is 75.7 Å². The maximum absolute atomic E-state index is 12.2. The fourth-order valence-electron chi connectivity index (χ4n) is 2.63. The molecular formula is C18H32N2O4. The normalized spacial score (nSPS) is 18.1. The van der Waals surface area contributed by atoms with Crippen molar-refractivity contribution >= 4 is 17.6 Å². The van der Waals surface area contributed by atoms with E-state index in [9.17, 15) is 14.4 Å². The van der Waals surface area contributed by atoms with E-state index >= 15 is 0 Å². The zero-order chi connectivity index (χ0) is 18.1. The van der Waals surface area contributed by atoms with Crippen LogP contribution in [0.15, 0.2) is 0 Å². The van der Waals surface area contributed by atoms with E-state index < -0.39 is 0 Å². The molecule has 1 rings (SSSR count). The van der Waals surface area contributed by atoms with E-state index in [2.05, 4.69) is 5.32 Å². The maximum Gasteiger partial charge on any atom is 0.224 e. The molecule has 24 heavy (non-hydrogen) atoms. The SMILES string of the molecule is CC(C)CC(=O)N1CCCC(C(=O)NCCOCC(=O)C(C)C)C1. The Labute approximate surface area is 145 Å². The van der Waals surface area contributed by atoms with Crippen molar-refractivity contribution in [1.82, 2.24) is 10.2 Å². The molecule has 1 heterocycles. The van der Waals surface area contributed by atoms with Gasteiger partial charge in [0.2, 0.25) is 11.8 Å². The van der Waals surface area contributed by atoms with Crippen molar-refractivity contribution in [2.24, 2.45) is 17.8 Å². The fourth-order valence-corrected chi connectivity index (χ4v) is 2.63. The van der Waals surface area contributed by atoms with Crippen molar-refractivity contribution in [3.8, 4) is 0 Å². The molecule has 0 spiro atoms. The Hall–Kier alpha value is -1.43. The molecule has 1 aliphatic rings. The highest BCUT2D eigenvalue weighted by Gasteiger charge is 2.28. The van der Waals surface area contributed by atoms with E-state index in [0.29, 0.717) is 32.0 Å². The Morgan fingerprint density at radius 1 is 1.21 bits per heavy atom. The Balaban J connectivity index is 2.27. The van der Waals surface area contributed by atoms with E-state index in [4.69, 9.17) is 4.74 Å². The van der Waals surface area contributed by atoms with Crippen LogP contribution < -0.4 is 5.32 Å². The van der Waals surface area contributed by atoms with Crippen LogP contribution in [0.5, 0.6) is 0 Å². The van der Waals surface area contributed by atoms with E-state index in [1.165, 1.54) is 0 Å². The van der Waals surface area contributed by atoms with Crippen molar-refractivity contribution < 1.29 is 19.1 Å². The van der Waals surface area contributed by atoms with Gasteiger partial charge in [0.05, 0.1) is 12.5 Å². The Morgan fingerprint density at radius 3 is 2.54 bits per heavy atom. The van der Waals surface area contributed by atoms with Gasteiger partial charge in [-0.2, -0.15) is 0 Å². The molecule has 6 nitrogen and oxygen atoms in total. The predicted octanol–water partition coefficient (Wildman–Crippen LogP) is 1.63. The molecule has 0 aromatic carbocycles. The van der Waals surface area contributed by atoms with Gasteiger partial charge in [-0.3, -0.25) is 14.4 Å². The first kappa shape index (κ1) is 20.6. The van der Waals surface area contributed by atoms with Crippen LogP contribution in [-0.4, -0.2) is 55.3 Å². The number of hydrogen-bond donors (Lipinski definition) is 1. The largest absolute Gasteiger partial charge is 0.372 e. The summed E-state index contributed by atoms with van der Waals surface area (Å²) < 4.78 is 5.27. The number of carbonyl (C=O) groups excluding carboxylic acids is 3. The van der Waals surface area contributed by atoms with Crippen molar-refractivity contribution in [2.75, 3.05) is 32.8 Å². The second-order valence-electron chi connectivity index (χ2n) is 7.24. The lowest BCUT2D eigenvalue weighted by Gasteiger charge is -2.32. The third-order valence-corrected chi connectivity index (χ3v) is 4.16. The molecule has 1 atom stereocenters. The van der Waals surface area contributed by atoms with Crippen molar-refractivity contribution in [3.63, 3.8) is 0 Å². The number of nitrogens with one attached hydrogen (secondary N) is 1. The Kier molecular flexibility index (Phi) is 8.97. The lowest BCUT2D eigenvalue weighted by Crippen LogP contribution is -2.46. The van der Waals surface area contributed by atoms with Gasteiger partial charge in [0, 0.05) is 32.0 Å². The average Bonchev–Trinajstić information content (AvgIpc) is 2.53. The molecule has 1 unspecified atom stereocenters. The van der Waals surface area contributed by atoms with Gasteiger partial charge in [-0.05, 0) is 18.8 Å². The highest BCUT2D eigenvalue weighted by molar-refractivity contribution is 5.82. The summed E-state index contributed by atoms with van der Waals surface area (Å²) in [5.41, 5.74) is 0. The maximum atomic E-state index is 12.2. The first-order valence-electron chi connectivity index (χ1n) is 8.97. The lowest BCUT2D eigenvalue weighted by atomic mass is 9.96. The lowest BCUT2D eigenvalue weighted by molar-refractivity contribution is -0.136. The highest BCUT2D eigenvalue weighted by atomic mass is 16.5. The van der Waals surface area contributed by atoms with E-state index in [-0.39, 0.29) is 36.0 Å². The summed E-state index contributed by atoms with van der Waals surface area (Å²) in [6.07, 6.45) is 2.21. The van der Waals surface area contributed by atoms with Gasteiger partial charge in [-0.15, -0.1) is 0 Å². The minimum absolute atomic E-state index is 0.0313. The number of piperidine rings is 1. The van der Waals surface area contributed by atoms with Gasteiger partial charge in [0.15, 0.2) is 5.78 Å². The van der Waals surface area contributed by atoms with Crippen LogP contribution >= 0.6 is 0 Å². The Morgan fingerprint density at radius 2 is 1.92 bits per heavy atom. The summed E-state index contributed by atoms with van der Waals surface area (Å²) in [6.45, 7) is 9.78. The second kappa shape index (κ2) is 10.4. The number of amides is 2. The number of Topliss-reactive ketones (excluding diaryl/α,β-unsaturated/α-hetero) is 1. The van der Waals surface area contributed by atoms with Gasteiger partial charge in [-0.25, -0.2) is 0 Å². The first-order valence-corrected chi connectivity index (χ1v) is 8.97. The van der Waals surface area contributed by atoms with Crippen LogP contribution in [0.3, 0.4) is 0 Å². The summed E-state index contributed by atoms with van der Waals surface area (Å²) in [4.78, 5) is 37.6. The third kappa shape index (κ3) is 7.43. The molecule has 1 saturated heterocycles. The summed E-state index contributed by atoms with van der Waals surface area (Å²) in [5.74, 6) is 0.322. The number of carbonyl (C=O) groups is 3. The molecular weight excluding hydrogens is 308 g/mol. The average molecular weight is 340 g/mol. The fraction of sp³-hybridized carbons (Fsp3) is 0.833. The van der Waals surface area contributed by atoms with Crippen molar-refractivity contribution in [1.29, 1.82) is 0 Å². The quantitative estimate of drug-likeness (QED) is 0.647. The summed E-state index contributed by atoms with van der Waals surface area (Å²) in [6, 6.07) is 0. The molecule has 0 aromatic heterocycles. The van der Waals surface area contributed by atoms with Crippen LogP contribution in [0.1, 0.15) is 47.0 Å². The van der Waals surface area contributed by atoms with Gasteiger partial charge in [0.25, 0.3) is 0 Å². The molecule has 0 aliphatic carbocycles. The van der Waals surface area contributed by atoms with Crippen LogP contribution in [0.25, 0.3) is 0 Å². The van der Waals surface area contributed by atoms with Crippen molar-refractivity contribution in [3.05, 3.63) is 0 Å². The van der Waals surface area contributed by atoms with E-state index in [0.717, 1.165) is 19.4 Å². The third-order valence-electron chi connectivity index (χ3n) is 4.16. The number of likely N-dealkylation sites (tertiary alicyclic amines) is 1. The molecule has 0 bridgehead atoms. The molecule has 1 aliphatic heterocycles. The number of ether oxygens (including phenoxy) is 1. The standard InChI is InChI=1S/C18H32N2O4/c1-13(2)10-17(22)20-8-5-6-15(11-20)18(23)19-7-9-24-12-16(21)14(3)4/h13-15H,5-12H2,1-4H3,(H,19,23). The zero-order valence-corrected chi connectivity index (χ0v) is 15.5. The van der Waals surface area contributed by atoms with Crippen LogP contribution in [0.4, 0.5) is 0 Å². The minimum Gasteiger partial charge on any atom is -0.372 e. The predicted molar refractivity (Wildman–Crippen MR) is 92.4 cm³/mol. The first-order chi connectivity index (χ1) is 11.3. The summed E-state index contributed by atoms with van der Waals surface area (Å²) in [7, 11) is 0. The van der Waals surface area contributed by atoms with Gasteiger partial charge >= 0.3 is 0 Å². The van der Waals surface area contributed by atoms with Crippen molar-refractivity contribution in [2.45, 2.75) is 47.0 Å². The number of hydrogen-bond acceptors (Lipinski definition) is 4. The number of rotatable bonds is 9. The molecule has 1 N–H and O–H groups in total. The second-order valence-corrected chi connectivity index (χ2v) is 7.24. The monoisotopic (exact) mass is 340 g/mol. The molecule has 2 amide bonds. The van der Waals surface area contributed by atoms with Gasteiger partial charge in [-0.1, -0.05) is 27.7 Å². The van der Waals surface area contributed by atoms with Crippen LogP contribution in [-0.2, 0) is 19.1 Å². The molecule has 0 saturated carbocycles. The molecule has 1 fully saturated rings. The zero-order valence-electron chi connectivity index (χ0n) is 15.5. The highest BCUT2D eigenvalue weighted by Crippen LogP contribution is 2.18. The molecule has 0 radical (unpaired) electrons. The van der Waals surface area contributed by atoms with Gasteiger partial charge in [0.1, 0.15) is 6.61 Å².